The van der Waals surface area contributed by atoms with Gasteiger partial charge in [-0.3, -0.25) is 0 Å². The van der Waals surface area contributed by atoms with Crippen LogP contribution in [0.1, 0.15) is 5.82 Å². The fourth-order valence-electron chi connectivity index (χ4n) is 2.02. The molecule has 0 atom stereocenters. The first-order valence-corrected chi connectivity index (χ1v) is 7.35. The number of nitrogen functional groups attached to an aromatic ring is 1. The van der Waals surface area contributed by atoms with Crippen LogP contribution < -0.4 is 11.3 Å². The average molecular weight is 295 g/mol. The highest BCUT2D eigenvalue weighted by Crippen LogP contribution is 2.20. The van der Waals surface area contributed by atoms with Crippen molar-refractivity contribution in [3.63, 3.8) is 0 Å². The van der Waals surface area contributed by atoms with E-state index in [1.54, 1.807) is 6.33 Å². The lowest BCUT2D eigenvalue weighted by atomic mass is 10.4. The van der Waals surface area contributed by atoms with Crippen LogP contribution in [0.2, 0.25) is 0 Å². The van der Waals surface area contributed by atoms with Gasteiger partial charge in [0.05, 0.1) is 6.54 Å². The normalized spacial score (nSPS) is 15.8. The van der Waals surface area contributed by atoms with Gasteiger partial charge in [-0.25, -0.2) is 19.2 Å². The largest absolute Gasteiger partial charge is 0.315 e. The van der Waals surface area contributed by atoms with Gasteiger partial charge in [-0.05, 0) is 12.1 Å². The smallest absolute Gasteiger partial charge is 0.245 e. The second-order valence-electron chi connectivity index (χ2n) is 4.30. The van der Waals surface area contributed by atoms with E-state index in [9.17, 15) is 8.42 Å². The lowest BCUT2D eigenvalue weighted by Crippen LogP contribution is -2.38. The number of anilines is 1. The van der Waals surface area contributed by atoms with Crippen molar-refractivity contribution in [3.8, 4) is 0 Å². The molecule has 0 aliphatic carbocycles. The van der Waals surface area contributed by atoms with Crippen molar-refractivity contribution >= 4 is 15.8 Å². The quantitative estimate of drug-likeness (QED) is 0.560. The number of aromatic nitrogens is 4. The molecule has 2 aromatic rings. The molecule has 3 N–H and O–H groups in total. The summed E-state index contributed by atoms with van der Waals surface area (Å²) in [5.41, 5.74) is 2.35. The summed E-state index contributed by atoms with van der Waals surface area (Å²) in [6.45, 7) is 1.13. The van der Waals surface area contributed by atoms with Crippen LogP contribution in [0.25, 0.3) is 0 Å². The molecule has 0 spiro atoms. The maximum absolute atomic E-state index is 12.5. The third-order valence-electron chi connectivity index (χ3n) is 3.13. The summed E-state index contributed by atoms with van der Waals surface area (Å²) in [4.78, 5) is 4.05. The topological polar surface area (TPSA) is 119 Å². The zero-order chi connectivity index (χ0) is 14.2. The molecule has 0 amide bonds. The standard InChI is InChI=1S/C10H13N7O2S/c11-14-9-2-1-8(5-12-9)20(18,19)17-4-3-16-7-13-15-10(16)6-17/h1-2,5,7H,3-4,6,11H2,(H,12,14). The molecular weight excluding hydrogens is 282 g/mol. The molecule has 1 aliphatic rings. The third kappa shape index (κ3) is 2.13. The average Bonchev–Trinajstić information content (AvgIpc) is 2.94. The van der Waals surface area contributed by atoms with E-state index in [1.165, 1.54) is 22.6 Å². The second kappa shape index (κ2) is 4.81. The molecule has 3 rings (SSSR count). The Balaban J connectivity index is 1.88. The molecule has 10 heteroatoms. The van der Waals surface area contributed by atoms with Crippen LogP contribution in [0.4, 0.5) is 5.82 Å². The van der Waals surface area contributed by atoms with Gasteiger partial charge in [-0.1, -0.05) is 0 Å². The Morgan fingerprint density at radius 2 is 2.15 bits per heavy atom. The summed E-state index contributed by atoms with van der Waals surface area (Å²) < 4.78 is 28.2. The number of nitrogens with one attached hydrogen (secondary N) is 1. The minimum atomic E-state index is -3.59. The number of sulfonamides is 1. The molecule has 2 aromatic heterocycles. The van der Waals surface area contributed by atoms with Crippen LogP contribution in [-0.4, -0.2) is 39.0 Å². The van der Waals surface area contributed by atoms with Gasteiger partial charge < -0.3 is 9.99 Å². The predicted molar refractivity (Wildman–Crippen MR) is 69.7 cm³/mol. The Hall–Kier alpha value is -2.04. The number of fused-ring (bicyclic) bond motifs is 1. The number of hydrogen-bond donors (Lipinski definition) is 2. The van der Waals surface area contributed by atoms with Crippen LogP contribution >= 0.6 is 0 Å². The molecule has 1 aliphatic heterocycles. The highest BCUT2D eigenvalue weighted by atomic mass is 32.2. The Bertz CT molecular complexity index is 709. The zero-order valence-electron chi connectivity index (χ0n) is 10.5. The van der Waals surface area contributed by atoms with Crippen molar-refractivity contribution in [2.24, 2.45) is 5.84 Å². The summed E-state index contributed by atoms with van der Waals surface area (Å²) in [6, 6.07) is 2.98. The van der Waals surface area contributed by atoms with Gasteiger partial charge in [0.15, 0.2) is 0 Å². The van der Waals surface area contributed by atoms with Crippen molar-refractivity contribution < 1.29 is 8.42 Å². The molecule has 0 unspecified atom stereocenters. The van der Waals surface area contributed by atoms with Gasteiger partial charge in [-0.2, -0.15) is 4.31 Å². The van der Waals surface area contributed by atoms with Crippen molar-refractivity contribution in [2.45, 2.75) is 18.0 Å². The minimum absolute atomic E-state index is 0.129. The highest BCUT2D eigenvalue weighted by Gasteiger charge is 2.29. The summed E-state index contributed by atoms with van der Waals surface area (Å²) in [6.07, 6.45) is 2.88. The lowest BCUT2D eigenvalue weighted by Gasteiger charge is -2.26. The van der Waals surface area contributed by atoms with E-state index in [4.69, 9.17) is 5.84 Å². The molecule has 20 heavy (non-hydrogen) atoms. The van der Waals surface area contributed by atoms with Gasteiger partial charge in [0.1, 0.15) is 22.9 Å². The molecule has 0 aromatic carbocycles. The van der Waals surface area contributed by atoms with Gasteiger partial charge in [0, 0.05) is 19.3 Å². The highest BCUT2D eigenvalue weighted by molar-refractivity contribution is 7.89. The van der Waals surface area contributed by atoms with Crippen LogP contribution in [0.5, 0.6) is 0 Å². The summed E-state index contributed by atoms with van der Waals surface area (Å²) in [5.74, 6) is 6.24. The molecular formula is C10H13N7O2S. The third-order valence-corrected chi connectivity index (χ3v) is 4.95. The van der Waals surface area contributed by atoms with Gasteiger partial charge in [0.2, 0.25) is 10.0 Å². The zero-order valence-corrected chi connectivity index (χ0v) is 11.3. The van der Waals surface area contributed by atoms with E-state index in [0.717, 1.165) is 0 Å². The fourth-order valence-corrected chi connectivity index (χ4v) is 3.35. The van der Waals surface area contributed by atoms with E-state index in [0.29, 0.717) is 24.7 Å². The number of nitrogens with zero attached hydrogens (tertiary/aromatic N) is 5. The summed E-state index contributed by atoms with van der Waals surface area (Å²) in [7, 11) is -3.59. The summed E-state index contributed by atoms with van der Waals surface area (Å²) >= 11 is 0. The Morgan fingerprint density at radius 3 is 2.85 bits per heavy atom. The number of rotatable bonds is 3. The van der Waals surface area contributed by atoms with Gasteiger partial charge >= 0.3 is 0 Å². The Kier molecular flexibility index (Phi) is 3.12. The minimum Gasteiger partial charge on any atom is -0.315 e. The van der Waals surface area contributed by atoms with Crippen LogP contribution in [-0.2, 0) is 23.1 Å². The first-order valence-electron chi connectivity index (χ1n) is 5.91. The van der Waals surface area contributed by atoms with E-state index in [2.05, 4.69) is 20.6 Å². The number of hydrogen-bond acceptors (Lipinski definition) is 7. The number of hydrazine groups is 1. The van der Waals surface area contributed by atoms with E-state index >= 15 is 0 Å². The maximum Gasteiger partial charge on any atom is 0.245 e. The van der Waals surface area contributed by atoms with Gasteiger partial charge in [-0.15, -0.1) is 10.2 Å². The maximum atomic E-state index is 12.5. The Morgan fingerprint density at radius 1 is 1.30 bits per heavy atom. The second-order valence-corrected chi connectivity index (χ2v) is 6.24. The van der Waals surface area contributed by atoms with Crippen LogP contribution in [0.3, 0.4) is 0 Å². The molecule has 3 heterocycles. The van der Waals surface area contributed by atoms with Crippen molar-refractivity contribution in [1.29, 1.82) is 0 Å². The molecule has 106 valence electrons. The molecule has 0 bridgehead atoms. The van der Waals surface area contributed by atoms with Crippen molar-refractivity contribution in [3.05, 3.63) is 30.5 Å². The SMILES string of the molecule is NNc1ccc(S(=O)(=O)N2CCn3cnnc3C2)cn1. The summed E-state index contributed by atoms with van der Waals surface area (Å²) in [5, 5.41) is 7.68. The molecule has 0 saturated carbocycles. The van der Waals surface area contributed by atoms with E-state index in [-0.39, 0.29) is 11.4 Å². The van der Waals surface area contributed by atoms with Crippen LogP contribution in [0, 0.1) is 0 Å². The lowest BCUT2D eigenvalue weighted by molar-refractivity contribution is 0.335. The first-order chi connectivity index (χ1) is 9.61. The first kappa shape index (κ1) is 13.0. The molecule has 9 nitrogen and oxygen atoms in total. The van der Waals surface area contributed by atoms with E-state index in [1.807, 2.05) is 4.57 Å². The predicted octanol–water partition coefficient (Wildman–Crippen LogP) is -0.837. The molecule has 0 saturated heterocycles. The van der Waals surface area contributed by atoms with Gasteiger partial charge in [0.25, 0.3) is 0 Å². The fraction of sp³-hybridized carbons (Fsp3) is 0.300. The van der Waals surface area contributed by atoms with E-state index < -0.39 is 10.0 Å². The van der Waals surface area contributed by atoms with Crippen molar-refractivity contribution in [2.75, 3.05) is 12.0 Å². The number of nitrogens with two attached hydrogens (primary N) is 1. The Labute approximate surface area is 115 Å². The number of pyridine rings is 1. The van der Waals surface area contributed by atoms with Crippen molar-refractivity contribution in [1.82, 2.24) is 24.1 Å². The molecule has 0 fully saturated rings. The monoisotopic (exact) mass is 295 g/mol. The van der Waals surface area contributed by atoms with Crippen LogP contribution in [0.15, 0.2) is 29.6 Å². The molecule has 0 radical (unpaired) electrons.